The first-order valence-corrected chi connectivity index (χ1v) is 7.27. The Morgan fingerprint density at radius 3 is 2.74 bits per heavy atom. The van der Waals surface area contributed by atoms with Gasteiger partial charge in [0.2, 0.25) is 0 Å². The number of aromatic nitrogens is 2. The lowest BCUT2D eigenvalue weighted by atomic mass is 10.1. The maximum atomic E-state index is 6.28. The summed E-state index contributed by atoms with van der Waals surface area (Å²) in [5, 5.41) is 5.20. The number of nitrogens with zero attached hydrogens (tertiary/aromatic N) is 2. The molecule has 0 fully saturated rings. The smallest absolute Gasteiger partial charge is 0.148 e. The van der Waals surface area contributed by atoms with E-state index in [0.29, 0.717) is 5.76 Å². The zero-order valence-electron chi connectivity index (χ0n) is 10.1. The van der Waals surface area contributed by atoms with Crippen molar-refractivity contribution in [2.75, 3.05) is 0 Å². The molecule has 0 amide bonds. The van der Waals surface area contributed by atoms with E-state index in [4.69, 9.17) is 10.2 Å². The third-order valence-electron chi connectivity index (χ3n) is 3.05. The Kier molecular flexibility index (Phi) is 3.24. The fourth-order valence-electron chi connectivity index (χ4n) is 2.11. The van der Waals surface area contributed by atoms with Gasteiger partial charge in [0.05, 0.1) is 20.8 Å². The van der Waals surface area contributed by atoms with Crippen LogP contribution in [0.5, 0.6) is 0 Å². The van der Waals surface area contributed by atoms with Crippen molar-refractivity contribution in [3.8, 4) is 0 Å². The first kappa shape index (κ1) is 12.9. The highest BCUT2D eigenvalue weighted by molar-refractivity contribution is 9.11. The summed E-state index contributed by atoms with van der Waals surface area (Å²) in [7, 11) is 1.86. The molecular weight excluding hydrogens is 374 g/mol. The van der Waals surface area contributed by atoms with E-state index in [9.17, 15) is 0 Å². The van der Waals surface area contributed by atoms with Crippen molar-refractivity contribution in [1.82, 2.24) is 9.78 Å². The molecule has 1 atom stereocenters. The van der Waals surface area contributed by atoms with Gasteiger partial charge in [0.1, 0.15) is 17.4 Å². The first-order chi connectivity index (χ1) is 9.08. The average Bonchev–Trinajstić information content (AvgIpc) is 2.94. The minimum Gasteiger partial charge on any atom is -0.458 e. The van der Waals surface area contributed by atoms with Crippen LogP contribution in [0, 0.1) is 0 Å². The number of halogens is 2. The highest BCUT2D eigenvalue weighted by atomic mass is 79.9. The molecule has 3 rings (SSSR count). The highest BCUT2D eigenvalue weighted by Gasteiger charge is 2.20. The van der Waals surface area contributed by atoms with Gasteiger partial charge in [-0.1, -0.05) is 12.1 Å². The maximum absolute atomic E-state index is 6.28. The normalized spacial score (nSPS) is 13.1. The van der Waals surface area contributed by atoms with Crippen LogP contribution in [-0.2, 0) is 7.05 Å². The van der Waals surface area contributed by atoms with E-state index >= 15 is 0 Å². The number of aryl methyl sites for hydroxylation is 1. The molecule has 3 aromatic rings. The van der Waals surface area contributed by atoms with E-state index in [2.05, 4.69) is 37.0 Å². The summed E-state index contributed by atoms with van der Waals surface area (Å²) in [5.74, 6) is 0.714. The van der Waals surface area contributed by atoms with Crippen molar-refractivity contribution in [3.63, 3.8) is 0 Å². The summed E-state index contributed by atoms with van der Waals surface area (Å²) < 4.78 is 9.41. The second kappa shape index (κ2) is 4.77. The van der Waals surface area contributed by atoms with E-state index in [1.54, 1.807) is 10.9 Å². The van der Waals surface area contributed by atoms with E-state index in [1.807, 2.05) is 31.3 Å². The molecule has 1 aromatic carbocycles. The molecule has 0 radical (unpaired) electrons. The fraction of sp³-hybridized carbons (Fsp3) is 0.154. The molecule has 2 aromatic heterocycles. The lowest BCUT2D eigenvalue weighted by Crippen LogP contribution is -2.15. The molecule has 6 heteroatoms. The van der Waals surface area contributed by atoms with Gasteiger partial charge in [0, 0.05) is 12.4 Å². The number of fused-ring (bicyclic) bond motifs is 1. The van der Waals surface area contributed by atoms with Crippen LogP contribution in [0.4, 0.5) is 0 Å². The van der Waals surface area contributed by atoms with E-state index in [0.717, 1.165) is 25.6 Å². The van der Waals surface area contributed by atoms with Crippen molar-refractivity contribution in [2.45, 2.75) is 6.04 Å². The molecule has 98 valence electrons. The van der Waals surface area contributed by atoms with Crippen LogP contribution in [0.1, 0.15) is 17.5 Å². The van der Waals surface area contributed by atoms with Gasteiger partial charge in [-0.2, -0.15) is 5.10 Å². The summed E-state index contributed by atoms with van der Waals surface area (Å²) in [4.78, 5) is 0. The minimum absolute atomic E-state index is 0.360. The summed E-state index contributed by atoms with van der Waals surface area (Å²) in [6, 6.07) is 7.52. The van der Waals surface area contributed by atoms with Crippen molar-refractivity contribution < 1.29 is 4.42 Å². The Morgan fingerprint density at radius 1 is 1.32 bits per heavy atom. The summed E-state index contributed by atoms with van der Waals surface area (Å²) >= 11 is 6.93. The Balaban J connectivity index is 2.12. The standard InChI is InChI=1S/C13H11Br2N3O/c1-18-12(9(15)6-17-18)11(16)10-5-7-3-2-4-8(14)13(7)19-10/h2-6,11H,16H2,1H3. The van der Waals surface area contributed by atoms with Gasteiger partial charge in [-0.25, -0.2) is 0 Å². The Hall–Kier alpha value is -1.11. The van der Waals surface area contributed by atoms with Crippen LogP contribution in [-0.4, -0.2) is 9.78 Å². The molecule has 0 spiro atoms. The lowest BCUT2D eigenvalue weighted by Gasteiger charge is -2.09. The van der Waals surface area contributed by atoms with Gasteiger partial charge in [-0.3, -0.25) is 4.68 Å². The van der Waals surface area contributed by atoms with Crippen molar-refractivity contribution in [3.05, 3.63) is 50.9 Å². The van der Waals surface area contributed by atoms with Gasteiger partial charge >= 0.3 is 0 Å². The predicted octanol–water partition coefficient (Wildman–Crippen LogP) is 3.74. The molecule has 1 unspecified atom stereocenters. The van der Waals surface area contributed by atoms with Gasteiger partial charge < -0.3 is 10.2 Å². The summed E-state index contributed by atoms with van der Waals surface area (Å²) in [6.45, 7) is 0. The summed E-state index contributed by atoms with van der Waals surface area (Å²) in [5.41, 5.74) is 7.97. The highest BCUT2D eigenvalue weighted by Crippen LogP contribution is 2.32. The molecule has 2 heterocycles. The van der Waals surface area contributed by atoms with Crippen LogP contribution in [0.3, 0.4) is 0 Å². The van der Waals surface area contributed by atoms with Crippen molar-refractivity contribution in [1.29, 1.82) is 0 Å². The van der Waals surface area contributed by atoms with Gasteiger partial charge in [-0.15, -0.1) is 0 Å². The topological polar surface area (TPSA) is 57.0 Å². The molecule has 19 heavy (non-hydrogen) atoms. The predicted molar refractivity (Wildman–Crippen MR) is 80.9 cm³/mol. The largest absolute Gasteiger partial charge is 0.458 e. The second-order valence-electron chi connectivity index (χ2n) is 4.29. The van der Waals surface area contributed by atoms with E-state index in [-0.39, 0.29) is 6.04 Å². The zero-order chi connectivity index (χ0) is 13.6. The monoisotopic (exact) mass is 383 g/mol. The molecule has 0 saturated carbocycles. The van der Waals surface area contributed by atoms with E-state index in [1.165, 1.54) is 0 Å². The Bertz CT molecular complexity index is 728. The molecule has 0 aliphatic carbocycles. The number of rotatable bonds is 2. The number of hydrogen-bond acceptors (Lipinski definition) is 3. The minimum atomic E-state index is -0.360. The number of furan rings is 1. The third-order valence-corrected chi connectivity index (χ3v) is 4.29. The molecule has 0 aliphatic heterocycles. The molecule has 4 nitrogen and oxygen atoms in total. The number of hydrogen-bond donors (Lipinski definition) is 1. The van der Waals surface area contributed by atoms with Crippen molar-refractivity contribution >= 4 is 42.8 Å². The van der Waals surface area contributed by atoms with Crippen LogP contribution >= 0.6 is 31.9 Å². The molecular formula is C13H11Br2N3O. The zero-order valence-corrected chi connectivity index (χ0v) is 13.3. The number of benzene rings is 1. The van der Waals surface area contributed by atoms with Crippen molar-refractivity contribution in [2.24, 2.45) is 12.8 Å². The maximum Gasteiger partial charge on any atom is 0.148 e. The van der Waals surface area contributed by atoms with Gasteiger partial charge in [0.25, 0.3) is 0 Å². The number of para-hydroxylation sites is 1. The van der Waals surface area contributed by atoms with Crippen LogP contribution < -0.4 is 5.73 Å². The van der Waals surface area contributed by atoms with Gasteiger partial charge in [0.15, 0.2) is 0 Å². The SMILES string of the molecule is Cn1ncc(Br)c1C(N)c1cc2cccc(Br)c2o1. The summed E-state index contributed by atoms with van der Waals surface area (Å²) in [6.07, 6.45) is 1.73. The Morgan fingerprint density at radius 2 is 2.11 bits per heavy atom. The van der Waals surface area contributed by atoms with Crippen LogP contribution in [0.2, 0.25) is 0 Å². The van der Waals surface area contributed by atoms with E-state index < -0.39 is 0 Å². The third kappa shape index (κ3) is 2.13. The Labute approximate surface area is 126 Å². The fourth-order valence-corrected chi connectivity index (χ4v) is 3.16. The average molecular weight is 385 g/mol. The molecule has 0 saturated heterocycles. The molecule has 2 N–H and O–H groups in total. The molecule has 0 aliphatic rings. The molecule has 0 bridgehead atoms. The lowest BCUT2D eigenvalue weighted by molar-refractivity contribution is 0.507. The first-order valence-electron chi connectivity index (χ1n) is 5.69. The number of nitrogens with two attached hydrogens (primary N) is 1. The van der Waals surface area contributed by atoms with Crippen LogP contribution in [0.15, 0.2) is 43.8 Å². The quantitative estimate of drug-likeness (QED) is 0.732. The van der Waals surface area contributed by atoms with Crippen LogP contribution in [0.25, 0.3) is 11.0 Å². The van der Waals surface area contributed by atoms with Gasteiger partial charge in [-0.05, 0) is 44.0 Å². The second-order valence-corrected chi connectivity index (χ2v) is 5.99.